The first-order chi connectivity index (χ1) is 8.16. The molecule has 1 aromatic heterocycles. The number of aromatic amines is 1. The van der Waals surface area contributed by atoms with Crippen LogP contribution in [0.25, 0.3) is 0 Å². The number of phenolic OH excluding ortho intramolecular Hbond substituents is 2. The second-order valence-electron chi connectivity index (χ2n) is 3.95. The minimum absolute atomic E-state index is 0.00880. The Kier molecular flexibility index (Phi) is 3.30. The van der Waals surface area contributed by atoms with Crippen LogP contribution >= 0.6 is 0 Å². The minimum atomic E-state index is -0.00880. The van der Waals surface area contributed by atoms with Crippen molar-refractivity contribution in [3.05, 3.63) is 41.7 Å². The summed E-state index contributed by atoms with van der Waals surface area (Å²) in [5.74, 6) is 0.158. The Morgan fingerprint density at radius 1 is 1.41 bits per heavy atom. The molecule has 1 aromatic carbocycles. The molecule has 0 aliphatic rings. The largest absolute Gasteiger partial charge is 0.508 e. The first-order valence-electron chi connectivity index (χ1n) is 5.39. The molecular weight excluding hydrogens is 218 g/mol. The summed E-state index contributed by atoms with van der Waals surface area (Å²) in [6.07, 6.45) is 3.56. The lowest BCUT2D eigenvalue weighted by Crippen LogP contribution is -2.17. The fourth-order valence-electron chi connectivity index (χ4n) is 1.65. The van der Waals surface area contributed by atoms with E-state index in [9.17, 15) is 10.2 Å². The highest BCUT2D eigenvalue weighted by Crippen LogP contribution is 2.27. The van der Waals surface area contributed by atoms with Crippen LogP contribution in [-0.4, -0.2) is 20.4 Å². The zero-order valence-electron chi connectivity index (χ0n) is 9.51. The summed E-state index contributed by atoms with van der Waals surface area (Å²) in [7, 11) is 0. The SMILES string of the molecule is CC(NCc1cn[nH]c1)c1ccc(O)cc1O. The summed E-state index contributed by atoms with van der Waals surface area (Å²) in [5, 5.41) is 28.8. The van der Waals surface area contributed by atoms with E-state index in [0.29, 0.717) is 6.54 Å². The molecule has 0 fully saturated rings. The second kappa shape index (κ2) is 4.88. The summed E-state index contributed by atoms with van der Waals surface area (Å²) < 4.78 is 0. The number of nitrogens with zero attached hydrogens (tertiary/aromatic N) is 1. The molecule has 0 aliphatic carbocycles. The van der Waals surface area contributed by atoms with E-state index in [4.69, 9.17) is 0 Å². The molecule has 4 N–H and O–H groups in total. The lowest BCUT2D eigenvalue weighted by Gasteiger charge is -2.15. The number of rotatable bonds is 4. The number of hydrogen-bond acceptors (Lipinski definition) is 4. The molecule has 5 nitrogen and oxygen atoms in total. The summed E-state index contributed by atoms with van der Waals surface area (Å²) in [4.78, 5) is 0. The van der Waals surface area contributed by atoms with E-state index in [2.05, 4.69) is 15.5 Å². The number of H-pyrrole nitrogens is 1. The fourth-order valence-corrected chi connectivity index (χ4v) is 1.65. The van der Waals surface area contributed by atoms with E-state index in [0.717, 1.165) is 11.1 Å². The molecule has 0 aliphatic heterocycles. The number of aromatic nitrogens is 2. The van der Waals surface area contributed by atoms with E-state index in [1.807, 2.05) is 13.1 Å². The molecule has 5 heteroatoms. The van der Waals surface area contributed by atoms with Crippen LogP contribution in [0.5, 0.6) is 11.5 Å². The predicted octanol–water partition coefficient (Wildman–Crippen LogP) is 1.67. The summed E-state index contributed by atoms with van der Waals surface area (Å²) in [6, 6.07) is 4.60. The number of benzene rings is 1. The van der Waals surface area contributed by atoms with Crippen molar-refractivity contribution >= 4 is 0 Å². The average Bonchev–Trinajstić information content (AvgIpc) is 2.78. The maximum absolute atomic E-state index is 9.70. The third-order valence-electron chi connectivity index (χ3n) is 2.65. The molecular formula is C12H15N3O2. The highest BCUT2D eigenvalue weighted by atomic mass is 16.3. The van der Waals surface area contributed by atoms with Crippen LogP contribution in [-0.2, 0) is 6.54 Å². The zero-order chi connectivity index (χ0) is 12.3. The molecule has 0 amide bonds. The fraction of sp³-hybridized carbons (Fsp3) is 0.250. The van der Waals surface area contributed by atoms with Gasteiger partial charge in [0.15, 0.2) is 0 Å². The van der Waals surface area contributed by atoms with Gasteiger partial charge < -0.3 is 15.5 Å². The van der Waals surface area contributed by atoms with Crippen molar-refractivity contribution in [2.45, 2.75) is 19.5 Å². The lowest BCUT2D eigenvalue weighted by molar-refractivity contribution is 0.436. The lowest BCUT2D eigenvalue weighted by atomic mass is 10.1. The topological polar surface area (TPSA) is 81.2 Å². The highest BCUT2D eigenvalue weighted by Gasteiger charge is 2.10. The van der Waals surface area contributed by atoms with Crippen molar-refractivity contribution in [3.8, 4) is 11.5 Å². The van der Waals surface area contributed by atoms with E-state index >= 15 is 0 Å². The van der Waals surface area contributed by atoms with E-state index < -0.39 is 0 Å². The van der Waals surface area contributed by atoms with Gasteiger partial charge in [0.2, 0.25) is 0 Å². The van der Waals surface area contributed by atoms with Gasteiger partial charge in [-0.25, -0.2) is 0 Å². The van der Waals surface area contributed by atoms with Crippen LogP contribution in [0.2, 0.25) is 0 Å². The first-order valence-corrected chi connectivity index (χ1v) is 5.39. The molecule has 1 atom stereocenters. The molecule has 17 heavy (non-hydrogen) atoms. The van der Waals surface area contributed by atoms with Crippen LogP contribution in [0.1, 0.15) is 24.1 Å². The van der Waals surface area contributed by atoms with Gasteiger partial charge in [-0.15, -0.1) is 0 Å². The second-order valence-corrected chi connectivity index (χ2v) is 3.95. The Labute approximate surface area is 99.1 Å². The van der Waals surface area contributed by atoms with Crippen LogP contribution in [0.3, 0.4) is 0 Å². The number of hydrogen-bond donors (Lipinski definition) is 4. The Hall–Kier alpha value is -2.01. The van der Waals surface area contributed by atoms with Crippen LogP contribution in [0, 0.1) is 0 Å². The van der Waals surface area contributed by atoms with Crippen molar-refractivity contribution < 1.29 is 10.2 Å². The summed E-state index contributed by atoms with van der Waals surface area (Å²) in [5.41, 5.74) is 1.81. The molecule has 90 valence electrons. The molecule has 0 saturated carbocycles. The third kappa shape index (κ3) is 2.76. The highest BCUT2D eigenvalue weighted by molar-refractivity contribution is 5.40. The zero-order valence-corrected chi connectivity index (χ0v) is 9.51. The molecule has 1 heterocycles. The third-order valence-corrected chi connectivity index (χ3v) is 2.65. The average molecular weight is 233 g/mol. The number of nitrogens with one attached hydrogen (secondary N) is 2. The maximum Gasteiger partial charge on any atom is 0.124 e. The standard InChI is InChI=1S/C12H15N3O2/c1-8(13-5-9-6-14-15-7-9)11-3-2-10(16)4-12(11)17/h2-4,6-8,13,16-17H,5H2,1H3,(H,14,15). The molecule has 2 aromatic rings. The molecule has 0 bridgehead atoms. The predicted molar refractivity (Wildman–Crippen MR) is 63.6 cm³/mol. The number of phenols is 2. The van der Waals surface area contributed by atoms with Crippen molar-refractivity contribution in [2.75, 3.05) is 0 Å². The summed E-state index contributed by atoms with van der Waals surface area (Å²) in [6.45, 7) is 2.62. The van der Waals surface area contributed by atoms with Gasteiger partial charge >= 0.3 is 0 Å². The van der Waals surface area contributed by atoms with Crippen LogP contribution in [0.4, 0.5) is 0 Å². The van der Waals surface area contributed by atoms with Crippen molar-refractivity contribution in [1.82, 2.24) is 15.5 Å². The molecule has 1 unspecified atom stereocenters. The quantitative estimate of drug-likeness (QED) is 0.647. The van der Waals surface area contributed by atoms with Gasteiger partial charge in [-0.1, -0.05) is 6.07 Å². The van der Waals surface area contributed by atoms with Gasteiger partial charge in [0.25, 0.3) is 0 Å². The van der Waals surface area contributed by atoms with Gasteiger partial charge in [-0.2, -0.15) is 5.10 Å². The summed E-state index contributed by atoms with van der Waals surface area (Å²) >= 11 is 0. The normalized spacial score (nSPS) is 12.5. The van der Waals surface area contributed by atoms with Gasteiger partial charge in [-0.05, 0) is 13.0 Å². The Morgan fingerprint density at radius 2 is 2.24 bits per heavy atom. The minimum Gasteiger partial charge on any atom is -0.508 e. The van der Waals surface area contributed by atoms with Crippen LogP contribution < -0.4 is 5.32 Å². The molecule has 2 rings (SSSR count). The first kappa shape index (κ1) is 11.5. The van der Waals surface area contributed by atoms with Crippen molar-refractivity contribution in [1.29, 1.82) is 0 Å². The van der Waals surface area contributed by atoms with Gasteiger partial charge in [-0.3, -0.25) is 5.10 Å². The van der Waals surface area contributed by atoms with Crippen molar-refractivity contribution in [3.63, 3.8) is 0 Å². The monoisotopic (exact) mass is 233 g/mol. The van der Waals surface area contributed by atoms with Gasteiger partial charge in [0, 0.05) is 36.0 Å². The van der Waals surface area contributed by atoms with Gasteiger partial charge in [0.1, 0.15) is 11.5 Å². The van der Waals surface area contributed by atoms with Crippen LogP contribution in [0.15, 0.2) is 30.6 Å². The number of aromatic hydroxyl groups is 2. The molecule has 0 saturated heterocycles. The van der Waals surface area contributed by atoms with E-state index in [-0.39, 0.29) is 17.5 Å². The maximum atomic E-state index is 9.70. The molecule has 0 spiro atoms. The molecule has 0 radical (unpaired) electrons. The van der Waals surface area contributed by atoms with E-state index in [1.165, 1.54) is 6.07 Å². The Bertz CT molecular complexity index is 483. The Morgan fingerprint density at radius 3 is 2.88 bits per heavy atom. The Balaban J connectivity index is 2.01. The van der Waals surface area contributed by atoms with Gasteiger partial charge in [0.05, 0.1) is 6.20 Å². The van der Waals surface area contributed by atoms with Crippen molar-refractivity contribution in [2.24, 2.45) is 0 Å². The van der Waals surface area contributed by atoms with E-state index in [1.54, 1.807) is 18.3 Å². The smallest absolute Gasteiger partial charge is 0.124 e.